The minimum absolute atomic E-state index is 0.490. The third kappa shape index (κ3) is 5.45. The molecule has 0 saturated heterocycles. The molecule has 1 heterocycles. The molecule has 0 fully saturated rings. The van der Waals surface area contributed by atoms with Crippen LogP contribution in [-0.4, -0.2) is 0 Å². The number of para-hydroxylation sites is 2. The van der Waals surface area contributed by atoms with E-state index in [0.29, 0.717) is 0 Å². The summed E-state index contributed by atoms with van der Waals surface area (Å²) in [5, 5.41) is 4.51. The topological polar surface area (TPSA) is 16.4 Å². The van der Waals surface area contributed by atoms with Gasteiger partial charge in [-0.1, -0.05) is 218 Å². The lowest BCUT2D eigenvalue weighted by atomic mass is 9.70. The number of hydrogen-bond acceptors (Lipinski definition) is 2. The molecule has 0 radical (unpaired) electrons. The first-order valence-corrected chi connectivity index (χ1v) is 23.2. The smallest absolute Gasteiger partial charge is 0.159 e. The van der Waals surface area contributed by atoms with Gasteiger partial charge in [-0.3, -0.25) is 0 Å². The monoisotopic (exact) mass is 851 g/mol. The van der Waals surface area contributed by atoms with Gasteiger partial charge in [0.25, 0.3) is 0 Å². The van der Waals surface area contributed by atoms with E-state index in [-0.39, 0.29) is 0 Å². The highest BCUT2D eigenvalue weighted by atomic mass is 16.3. The molecule has 1 spiro atoms. The van der Waals surface area contributed by atoms with Gasteiger partial charge in [0.1, 0.15) is 5.58 Å². The van der Waals surface area contributed by atoms with Gasteiger partial charge in [0, 0.05) is 27.6 Å². The van der Waals surface area contributed by atoms with Crippen molar-refractivity contribution in [3.63, 3.8) is 0 Å². The summed E-state index contributed by atoms with van der Waals surface area (Å²) in [5.41, 5.74) is 21.6. The average Bonchev–Trinajstić information content (AvgIpc) is 4.03. The van der Waals surface area contributed by atoms with E-state index < -0.39 is 5.41 Å². The normalized spacial score (nSPS) is 12.9. The second-order valence-corrected chi connectivity index (χ2v) is 17.9. The van der Waals surface area contributed by atoms with E-state index in [1.165, 1.54) is 61.0 Å². The van der Waals surface area contributed by atoms with Crippen molar-refractivity contribution in [3.05, 3.63) is 271 Å². The fourth-order valence-electron chi connectivity index (χ4n) is 11.7. The zero-order valence-corrected chi connectivity index (χ0v) is 36.5. The zero-order valence-electron chi connectivity index (χ0n) is 36.5. The molecular weight excluding hydrogens is 811 g/mol. The summed E-state index contributed by atoms with van der Waals surface area (Å²) in [7, 11) is 0. The summed E-state index contributed by atoms with van der Waals surface area (Å²) >= 11 is 0. The van der Waals surface area contributed by atoms with Gasteiger partial charge in [-0.25, -0.2) is 0 Å². The predicted molar refractivity (Wildman–Crippen MR) is 279 cm³/mol. The van der Waals surface area contributed by atoms with Gasteiger partial charge in [0.05, 0.1) is 16.8 Å². The summed E-state index contributed by atoms with van der Waals surface area (Å²) in [6.07, 6.45) is 0. The van der Waals surface area contributed by atoms with Crippen LogP contribution in [0.25, 0.3) is 88.3 Å². The Morgan fingerprint density at radius 1 is 0.299 bits per heavy atom. The van der Waals surface area contributed by atoms with Gasteiger partial charge in [-0.05, 0) is 108 Å². The Labute approximate surface area is 389 Å². The Bertz CT molecular complexity index is 3860. The van der Waals surface area contributed by atoms with Crippen LogP contribution in [0.2, 0.25) is 0 Å². The van der Waals surface area contributed by atoms with Gasteiger partial charge in [-0.2, -0.15) is 0 Å². The Balaban J connectivity index is 1.05. The third-order valence-corrected chi connectivity index (χ3v) is 14.5. The first kappa shape index (κ1) is 37.6. The van der Waals surface area contributed by atoms with Crippen molar-refractivity contribution in [2.45, 2.75) is 5.41 Å². The molecule has 0 aliphatic heterocycles. The van der Waals surface area contributed by atoms with Crippen molar-refractivity contribution in [1.82, 2.24) is 0 Å². The molecule has 12 aromatic rings. The van der Waals surface area contributed by atoms with E-state index >= 15 is 0 Å². The van der Waals surface area contributed by atoms with E-state index in [1.54, 1.807) is 0 Å². The van der Waals surface area contributed by atoms with Gasteiger partial charge >= 0.3 is 0 Å². The van der Waals surface area contributed by atoms with Crippen LogP contribution in [0, 0.1) is 0 Å². The van der Waals surface area contributed by atoms with Crippen LogP contribution in [0.1, 0.15) is 22.3 Å². The molecule has 2 aliphatic carbocycles. The molecule has 2 heteroatoms. The minimum Gasteiger partial charge on any atom is -0.453 e. The van der Waals surface area contributed by atoms with Gasteiger partial charge in [0.2, 0.25) is 0 Å². The Morgan fingerprint density at radius 3 is 1.49 bits per heavy atom. The van der Waals surface area contributed by atoms with Crippen LogP contribution in [0.4, 0.5) is 17.1 Å². The summed E-state index contributed by atoms with van der Waals surface area (Å²) in [6, 6.07) is 91.1. The summed E-state index contributed by atoms with van der Waals surface area (Å²) in [6.45, 7) is 0. The van der Waals surface area contributed by atoms with Crippen LogP contribution in [0.5, 0.6) is 0 Å². The standard InChI is InChI=1S/C65H41NO/c1-3-18-42(19-4-1)43-34-36-45(37-35-43)62-49-24-8-7-22-46(49)40-55-54-28-17-33-61(63(54)67-64(55)62)66(60-32-16-12-23-48(60)44-20-5-2-6-21-44)47-38-39-53-52-27-11-15-31-58(52)65(59(53)41-47)56-29-13-9-25-50(56)51-26-10-14-30-57(51)65/h1-41H. The molecule has 0 N–H and O–H groups in total. The average molecular weight is 852 g/mol. The van der Waals surface area contributed by atoms with Crippen molar-refractivity contribution < 1.29 is 4.42 Å². The molecule has 2 aliphatic rings. The van der Waals surface area contributed by atoms with E-state index in [2.05, 4.69) is 254 Å². The van der Waals surface area contributed by atoms with Crippen LogP contribution >= 0.6 is 0 Å². The quantitative estimate of drug-likeness (QED) is 0.166. The highest BCUT2D eigenvalue weighted by Crippen LogP contribution is 2.63. The summed E-state index contributed by atoms with van der Waals surface area (Å²) < 4.78 is 7.45. The molecule has 0 saturated carbocycles. The number of nitrogens with zero attached hydrogens (tertiary/aromatic N) is 1. The van der Waals surface area contributed by atoms with E-state index in [4.69, 9.17) is 4.42 Å². The van der Waals surface area contributed by atoms with Crippen LogP contribution in [-0.2, 0) is 5.41 Å². The predicted octanol–water partition coefficient (Wildman–Crippen LogP) is 17.6. The van der Waals surface area contributed by atoms with Crippen molar-refractivity contribution in [1.29, 1.82) is 0 Å². The highest BCUT2D eigenvalue weighted by Gasteiger charge is 2.51. The summed E-state index contributed by atoms with van der Waals surface area (Å²) in [5.74, 6) is 0. The molecule has 2 nitrogen and oxygen atoms in total. The number of anilines is 3. The molecule has 0 amide bonds. The largest absolute Gasteiger partial charge is 0.453 e. The maximum Gasteiger partial charge on any atom is 0.159 e. The number of hydrogen-bond donors (Lipinski definition) is 0. The fraction of sp³-hybridized carbons (Fsp3) is 0.0154. The molecule has 14 rings (SSSR count). The number of benzene rings is 11. The molecule has 67 heavy (non-hydrogen) atoms. The van der Waals surface area contributed by atoms with Gasteiger partial charge in [-0.15, -0.1) is 0 Å². The second kappa shape index (κ2) is 14.7. The van der Waals surface area contributed by atoms with Gasteiger partial charge in [0.15, 0.2) is 5.58 Å². The van der Waals surface area contributed by atoms with Gasteiger partial charge < -0.3 is 9.32 Å². The molecule has 0 atom stereocenters. The van der Waals surface area contributed by atoms with E-state index in [9.17, 15) is 0 Å². The lowest BCUT2D eigenvalue weighted by molar-refractivity contribution is 0.670. The Kier molecular flexibility index (Phi) is 8.23. The Morgan fingerprint density at radius 2 is 0.806 bits per heavy atom. The molecule has 0 unspecified atom stereocenters. The number of fused-ring (bicyclic) bond motifs is 14. The first-order valence-electron chi connectivity index (χ1n) is 23.2. The highest BCUT2D eigenvalue weighted by molar-refractivity contribution is 6.20. The number of rotatable bonds is 6. The minimum atomic E-state index is -0.490. The molecule has 0 bridgehead atoms. The van der Waals surface area contributed by atoms with E-state index in [1.807, 2.05) is 0 Å². The molecule has 312 valence electrons. The van der Waals surface area contributed by atoms with Crippen molar-refractivity contribution in [3.8, 4) is 55.6 Å². The maximum absolute atomic E-state index is 7.45. The van der Waals surface area contributed by atoms with Crippen molar-refractivity contribution in [2.24, 2.45) is 0 Å². The van der Waals surface area contributed by atoms with Crippen LogP contribution in [0.3, 0.4) is 0 Å². The molecular formula is C65H41NO. The van der Waals surface area contributed by atoms with Crippen LogP contribution < -0.4 is 4.90 Å². The SMILES string of the molecule is c1ccc(-c2ccc(-c3c4ccccc4cc4c3oc3c(N(c5ccc6c(c5)C5(c7ccccc7-c7ccccc75)c5ccccc5-6)c5ccccc5-c5ccccc5)cccc34)cc2)cc1. The Hall–Kier alpha value is -8.72. The van der Waals surface area contributed by atoms with Crippen LogP contribution in [0.15, 0.2) is 253 Å². The molecule has 1 aromatic heterocycles. The van der Waals surface area contributed by atoms with E-state index in [0.717, 1.165) is 66.6 Å². The zero-order chi connectivity index (χ0) is 44.1. The third-order valence-electron chi connectivity index (χ3n) is 14.5. The lowest BCUT2D eigenvalue weighted by Crippen LogP contribution is -2.26. The summed E-state index contributed by atoms with van der Waals surface area (Å²) in [4.78, 5) is 2.45. The van der Waals surface area contributed by atoms with Crippen molar-refractivity contribution >= 4 is 49.8 Å². The maximum atomic E-state index is 7.45. The first-order chi connectivity index (χ1) is 33.3. The van der Waals surface area contributed by atoms with Crippen molar-refractivity contribution in [2.75, 3.05) is 4.90 Å². The number of furan rings is 1. The second-order valence-electron chi connectivity index (χ2n) is 17.9. The molecule has 11 aromatic carbocycles. The lowest BCUT2D eigenvalue weighted by Gasteiger charge is -2.32. The fourth-order valence-corrected chi connectivity index (χ4v) is 11.7.